The average Bonchev–Trinajstić information content (AvgIpc) is 3.02. The highest BCUT2D eigenvalue weighted by molar-refractivity contribution is 6.32. The van der Waals surface area contributed by atoms with Crippen molar-refractivity contribution in [1.29, 1.82) is 0 Å². The Labute approximate surface area is 185 Å². The third kappa shape index (κ3) is 4.04. The number of halogens is 2. The first-order chi connectivity index (χ1) is 15.0. The van der Waals surface area contributed by atoms with Gasteiger partial charge in [-0.3, -0.25) is 9.58 Å². The second kappa shape index (κ2) is 8.40. The van der Waals surface area contributed by atoms with Crippen molar-refractivity contribution in [3.63, 3.8) is 0 Å². The van der Waals surface area contributed by atoms with Crippen LogP contribution in [0.15, 0.2) is 6.20 Å². The summed E-state index contributed by atoms with van der Waals surface area (Å²) in [5, 5.41) is 11.2. The molecule has 3 aliphatic heterocycles. The van der Waals surface area contributed by atoms with Crippen LogP contribution in [-0.2, 0) is 4.74 Å². The van der Waals surface area contributed by atoms with E-state index in [9.17, 15) is 4.39 Å². The highest BCUT2D eigenvalue weighted by atomic mass is 35.5. The Kier molecular flexibility index (Phi) is 5.61. The van der Waals surface area contributed by atoms with Crippen molar-refractivity contribution in [3.8, 4) is 5.88 Å². The van der Waals surface area contributed by atoms with Gasteiger partial charge < -0.3 is 20.1 Å². The van der Waals surface area contributed by atoms with Crippen molar-refractivity contribution < 1.29 is 13.9 Å². The van der Waals surface area contributed by atoms with Gasteiger partial charge in [0.1, 0.15) is 17.3 Å². The van der Waals surface area contributed by atoms with Crippen molar-refractivity contribution in [2.24, 2.45) is 0 Å². The van der Waals surface area contributed by atoms with Crippen molar-refractivity contribution >= 4 is 29.1 Å². The van der Waals surface area contributed by atoms with E-state index in [1.807, 2.05) is 11.6 Å². The third-order valence-corrected chi connectivity index (χ3v) is 6.61. The van der Waals surface area contributed by atoms with Crippen LogP contribution in [0.5, 0.6) is 5.88 Å². The molecule has 2 aromatic heterocycles. The van der Waals surface area contributed by atoms with Gasteiger partial charge in [0.25, 0.3) is 5.88 Å². The van der Waals surface area contributed by atoms with Crippen LogP contribution in [0.1, 0.15) is 31.5 Å². The zero-order valence-electron chi connectivity index (χ0n) is 17.6. The topological polar surface area (TPSA) is 89.4 Å². The first-order valence-electron chi connectivity index (χ1n) is 10.7. The number of nitrogens with zero attached hydrogens (tertiary/aromatic N) is 5. The van der Waals surface area contributed by atoms with Gasteiger partial charge in [0, 0.05) is 32.3 Å². The highest BCUT2D eigenvalue weighted by Gasteiger charge is 2.36. The monoisotopic (exact) mass is 451 g/mol. The lowest BCUT2D eigenvalue weighted by Gasteiger charge is -2.45. The second-order valence-corrected chi connectivity index (χ2v) is 8.84. The van der Waals surface area contributed by atoms with E-state index in [1.165, 1.54) is 6.20 Å². The lowest BCUT2D eigenvalue weighted by molar-refractivity contribution is -0.0145. The molecule has 0 spiro atoms. The summed E-state index contributed by atoms with van der Waals surface area (Å²) < 4.78 is 28.0. The van der Waals surface area contributed by atoms with Gasteiger partial charge in [-0.1, -0.05) is 11.6 Å². The molecular weight excluding hydrogens is 425 g/mol. The maximum atomic E-state index is 14.7. The van der Waals surface area contributed by atoms with E-state index in [0.29, 0.717) is 34.4 Å². The minimum Gasteiger partial charge on any atom is -0.472 e. The maximum Gasteiger partial charge on any atom is 0.257 e. The fraction of sp³-hybridized carbons (Fsp3) is 0.650. The molecule has 2 bridgehead atoms. The van der Waals surface area contributed by atoms with Gasteiger partial charge in [-0.2, -0.15) is 4.98 Å². The summed E-state index contributed by atoms with van der Waals surface area (Å²) in [6.07, 6.45) is 2.38. The largest absolute Gasteiger partial charge is 0.472 e. The van der Waals surface area contributed by atoms with Gasteiger partial charge in [-0.25, -0.2) is 9.37 Å². The van der Waals surface area contributed by atoms with Crippen molar-refractivity contribution in [2.75, 3.05) is 43.5 Å². The zero-order chi connectivity index (χ0) is 21.5. The van der Waals surface area contributed by atoms with Crippen molar-refractivity contribution in [3.05, 3.63) is 16.9 Å². The summed E-state index contributed by atoms with van der Waals surface area (Å²) in [4.78, 5) is 11.2. The first kappa shape index (κ1) is 20.7. The van der Waals surface area contributed by atoms with Gasteiger partial charge in [0.15, 0.2) is 12.0 Å². The molecular formula is C20H27ClFN7O2. The average molecular weight is 452 g/mol. The highest BCUT2D eigenvalue weighted by Crippen LogP contribution is 2.36. The molecule has 0 radical (unpaired) electrons. The number of likely N-dealkylation sites (tertiary alicyclic amines) is 1. The van der Waals surface area contributed by atoms with E-state index in [4.69, 9.17) is 21.1 Å². The fourth-order valence-electron chi connectivity index (χ4n) is 4.33. The second-order valence-electron chi connectivity index (χ2n) is 8.44. The van der Waals surface area contributed by atoms with E-state index in [-0.39, 0.29) is 12.6 Å². The van der Waals surface area contributed by atoms with Crippen LogP contribution in [0.4, 0.5) is 21.8 Å². The number of hydrogen-bond acceptors (Lipinski definition) is 8. The van der Waals surface area contributed by atoms with Gasteiger partial charge in [0.05, 0.1) is 24.0 Å². The molecule has 0 unspecified atom stereocenters. The Morgan fingerprint density at radius 2 is 2.00 bits per heavy atom. The molecule has 168 valence electrons. The molecule has 0 aliphatic carbocycles. The summed E-state index contributed by atoms with van der Waals surface area (Å²) in [5.74, 6) is 1.09. The molecule has 2 fully saturated rings. The molecule has 31 heavy (non-hydrogen) atoms. The Morgan fingerprint density at radius 3 is 2.77 bits per heavy atom. The first-order valence-corrected chi connectivity index (χ1v) is 11.1. The SMILES string of the molecule is Cc1c2c(nn1C1CN(C3CCOCC3)C1)OC[C@@H](F)[C@@H](C)Nc1nc(ncc1Cl)N2. The molecule has 2 atom stereocenters. The predicted octanol–water partition coefficient (Wildman–Crippen LogP) is 2.95. The van der Waals surface area contributed by atoms with Crippen LogP contribution in [0.3, 0.4) is 0 Å². The molecule has 0 aromatic carbocycles. The molecule has 0 saturated carbocycles. The quantitative estimate of drug-likeness (QED) is 0.720. The molecule has 3 aliphatic rings. The van der Waals surface area contributed by atoms with Gasteiger partial charge in [0.2, 0.25) is 5.95 Å². The summed E-state index contributed by atoms with van der Waals surface area (Å²) in [6, 6.07) is 0.288. The Hall–Kier alpha value is -2.17. The number of fused-ring (bicyclic) bond motifs is 3. The number of anilines is 3. The Morgan fingerprint density at radius 1 is 1.23 bits per heavy atom. The molecule has 2 aromatic rings. The zero-order valence-corrected chi connectivity index (χ0v) is 18.4. The van der Waals surface area contributed by atoms with Crippen LogP contribution in [0.2, 0.25) is 5.02 Å². The van der Waals surface area contributed by atoms with E-state index >= 15 is 0 Å². The minimum absolute atomic E-state index is 0.126. The minimum atomic E-state index is -1.27. The van der Waals surface area contributed by atoms with Crippen LogP contribution in [0, 0.1) is 6.92 Å². The summed E-state index contributed by atoms with van der Waals surface area (Å²) in [6.45, 7) is 7.10. The number of ether oxygens (including phenoxy) is 2. The summed E-state index contributed by atoms with van der Waals surface area (Å²) >= 11 is 6.19. The van der Waals surface area contributed by atoms with Gasteiger partial charge in [-0.05, 0) is 26.7 Å². The van der Waals surface area contributed by atoms with Crippen molar-refractivity contribution in [1.82, 2.24) is 24.6 Å². The van der Waals surface area contributed by atoms with Crippen LogP contribution in [0.25, 0.3) is 0 Å². The molecule has 5 rings (SSSR count). The number of alkyl halides is 1. The number of nitrogens with one attached hydrogen (secondary N) is 2. The molecule has 5 heterocycles. The number of aromatic nitrogens is 4. The van der Waals surface area contributed by atoms with Crippen LogP contribution in [-0.4, -0.2) is 75.8 Å². The van der Waals surface area contributed by atoms with Crippen LogP contribution < -0.4 is 15.4 Å². The summed E-state index contributed by atoms with van der Waals surface area (Å²) in [7, 11) is 0. The van der Waals surface area contributed by atoms with Gasteiger partial charge in [-0.15, -0.1) is 5.10 Å². The predicted molar refractivity (Wildman–Crippen MR) is 115 cm³/mol. The standard InChI is InChI=1S/C20H27ClFN7O2/c1-11-16(22)10-31-19-17(25-20-23-7-15(21)18(24-11)26-20)12(2)29(27-19)14-8-28(9-14)13-3-5-30-6-4-13/h7,11,13-14,16H,3-6,8-10H2,1-2H3,(H2,23,24,25,26)/t11-,16-/m1/s1. The maximum absolute atomic E-state index is 14.7. The lowest BCUT2D eigenvalue weighted by atomic mass is 10.00. The Balaban J connectivity index is 1.40. The lowest BCUT2D eigenvalue weighted by Crippen LogP contribution is -2.54. The van der Waals surface area contributed by atoms with Crippen LogP contribution >= 0.6 is 11.6 Å². The van der Waals surface area contributed by atoms with E-state index in [2.05, 4.69) is 30.6 Å². The van der Waals surface area contributed by atoms with E-state index in [0.717, 1.165) is 44.8 Å². The summed E-state index contributed by atoms with van der Waals surface area (Å²) in [5.41, 5.74) is 1.56. The third-order valence-electron chi connectivity index (χ3n) is 6.33. The number of rotatable bonds is 2. The number of hydrogen-bond donors (Lipinski definition) is 2. The molecule has 0 amide bonds. The smallest absolute Gasteiger partial charge is 0.257 e. The molecule has 11 heteroatoms. The van der Waals surface area contributed by atoms with E-state index in [1.54, 1.807) is 6.92 Å². The van der Waals surface area contributed by atoms with Crippen molar-refractivity contribution in [2.45, 2.75) is 51.0 Å². The Bertz CT molecular complexity index is 946. The molecule has 2 N–H and O–H groups in total. The molecule has 2 saturated heterocycles. The van der Waals surface area contributed by atoms with Gasteiger partial charge >= 0.3 is 0 Å². The normalized spacial score (nSPS) is 25.4. The fourth-order valence-corrected chi connectivity index (χ4v) is 4.48. The molecule has 9 nitrogen and oxygen atoms in total. The van der Waals surface area contributed by atoms with E-state index < -0.39 is 12.2 Å².